The number of ether oxygens (including phenoxy) is 1. The first-order valence-corrected chi connectivity index (χ1v) is 7.54. The molecule has 0 aliphatic rings. The molecule has 20 heavy (non-hydrogen) atoms. The average Bonchev–Trinajstić information content (AvgIpc) is 2.46. The number of benzene rings is 2. The van der Waals surface area contributed by atoms with E-state index in [0.29, 0.717) is 12.6 Å². The Morgan fingerprint density at radius 2 is 1.80 bits per heavy atom. The zero-order chi connectivity index (χ0) is 14.4. The van der Waals surface area contributed by atoms with Gasteiger partial charge in [-0.05, 0) is 35.7 Å². The zero-order valence-corrected chi connectivity index (χ0v) is 13.5. The van der Waals surface area contributed by atoms with Crippen LogP contribution in [-0.4, -0.2) is 7.11 Å². The van der Waals surface area contributed by atoms with Crippen molar-refractivity contribution >= 4 is 15.9 Å². The number of hydrogen-bond acceptors (Lipinski definition) is 2. The molecule has 0 radical (unpaired) electrons. The second-order valence-corrected chi connectivity index (χ2v) is 5.82. The Bertz CT molecular complexity index is 539. The molecular formula is C17H20BrNO. The number of halogens is 1. The molecular weight excluding hydrogens is 314 g/mol. The van der Waals surface area contributed by atoms with Gasteiger partial charge in [-0.1, -0.05) is 52.3 Å². The van der Waals surface area contributed by atoms with Crippen LogP contribution in [0.3, 0.4) is 0 Å². The van der Waals surface area contributed by atoms with E-state index in [1.807, 2.05) is 6.07 Å². The smallest absolute Gasteiger partial charge is 0.0713 e. The van der Waals surface area contributed by atoms with Gasteiger partial charge in [-0.2, -0.15) is 0 Å². The van der Waals surface area contributed by atoms with Crippen molar-refractivity contribution in [3.05, 3.63) is 69.7 Å². The van der Waals surface area contributed by atoms with Crippen molar-refractivity contribution in [3.63, 3.8) is 0 Å². The van der Waals surface area contributed by atoms with E-state index in [9.17, 15) is 0 Å². The Morgan fingerprint density at radius 3 is 2.45 bits per heavy atom. The second-order valence-electron chi connectivity index (χ2n) is 4.91. The van der Waals surface area contributed by atoms with Crippen LogP contribution in [0, 0.1) is 0 Å². The second kappa shape index (κ2) is 7.58. The number of hydrogen-bond donors (Lipinski definition) is 1. The summed E-state index contributed by atoms with van der Waals surface area (Å²) in [5.41, 5.74) is 3.78. The normalized spacial score (nSPS) is 12.3. The minimum Gasteiger partial charge on any atom is -0.380 e. The van der Waals surface area contributed by atoms with Crippen LogP contribution in [0.15, 0.2) is 53.0 Å². The van der Waals surface area contributed by atoms with Gasteiger partial charge in [0.25, 0.3) is 0 Å². The molecule has 2 rings (SSSR count). The molecule has 0 amide bonds. The van der Waals surface area contributed by atoms with E-state index < -0.39 is 0 Å². The Kier molecular flexibility index (Phi) is 5.77. The highest BCUT2D eigenvalue weighted by atomic mass is 79.9. The summed E-state index contributed by atoms with van der Waals surface area (Å²) in [4.78, 5) is 0. The lowest BCUT2D eigenvalue weighted by molar-refractivity contribution is 0.185. The standard InChI is InChI=1S/C17H20BrNO/c1-13(16-4-3-5-17(18)10-16)19-11-14-6-8-15(9-7-14)12-20-2/h3-10,13,19H,11-12H2,1-2H3/t13-/m0/s1. The maximum Gasteiger partial charge on any atom is 0.0713 e. The van der Waals surface area contributed by atoms with Gasteiger partial charge in [0.15, 0.2) is 0 Å². The first-order chi connectivity index (χ1) is 9.69. The molecule has 0 heterocycles. The predicted octanol–water partition coefficient (Wildman–Crippen LogP) is 4.45. The third-order valence-corrected chi connectivity index (χ3v) is 3.79. The fraction of sp³-hybridized carbons (Fsp3) is 0.294. The summed E-state index contributed by atoms with van der Waals surface area (Å²) in [7, 11) is 1.72. The highest BCUT2D eigenvalue weighted by molar-refractivity contribution is 9.10. The largest absolute Gasteiger partial charge is 0.380 e. The topological polar surface area (TPSA) is 21.3 Å². The van der Waals surface area contributed by atoms with Crippen LogP contribution < -0.4 is 5.32 Å². The summed E-state index contributed by atoms with van der Waals surface area (Å²) in [6.07, 6.45) is 0. The summed E-state index contributed by atoms with van der Waals surface area (Å²) in [6, 6.07) is 17.3. The van der Waals surface area contributed by atoms with Gasteiger partial charge in [0.2, 0.25) is 0 Å². The zero-order valence-electron chi connectivity index (χ0n) is 11.9. The molecule has 0 saturated heterocycles. The summed E-state index contributed by atoms with van der Waals surface area (Å²) in [6.45, 7) is 3.71. The third kappa shape index (κ3) is 4.44. The van der Waals surface area contributed by atoms with E-state index in [-0.39, 0.29) is 0 Å². The highest BCUT2D eigenvalue weighted by Crippen LogP contribution is 2.18. The van der Waals surface area contributed by atoms with Crippen molar-refractivity contribution < 1.29 is 4.74 Å². The Morgan fingerprint density at radius 1 is 1.10 bits per heavy atom. The van der Waals surface area contributed by atoms with Crippen LogP contribution >= 0.6 is 15.9 Å². The Balaban J connectivity index is 1.91. The Labute approximate surface area is 129 Å². The minimum atomic E-state index is 0.325. The quantitative estimate of drug-likeness (QED) is 0.843. The molecule has 106 valence electrons. The fourth-order valence-electron chi connectivity index (χ4n) is 2.08. The lowest BCUT2D eigenvalue weighted by atomic mass is 10.1. The van der Waals surface area contributed by atoms with Crippen LogP contribution in [-0.2, 0) is 17.9 Å². The molecule has 1 atom stereocenters. The molecule has 0 saturated carbocycles. The molecule has 0 unspecified atom stereocenters. The van der Waals surface area contributed by atoms with E-state index in [1.165, 1.54) is 16.7 Å². The Hall–Kier alpha value is -1.16. The molecule has 2 aromatic rings. The van der Waals surface area contributed by atoms with Gasteiger partial charge in [0.05, 0.1) is 6.61 Å². The average molecular weight is 334 g/mol. The predicted molar refractivity (Wildman–Crippen MR) is 86.6 cm³/mol. The summed E-state index contributed by atoms with van der Waals surface area (Å²) >= 11 is 3.51. The molecule has 0 aliphatic carbocycles. The van der Waals surface area contributed by atoms with E-state index in [4.69, 9.17) is 4.74 Å². The van der Waals surface area contributed by atoms with Crippen LogP contribution in [0.5, 0.6) is 0 Å². The van der Waals surface area contributed by atoms with Gasteiger partial charge < -0.3 is 10.1 Å². The number of methoxy groups -OCH3 is 1. The van der Waals surface area contributed by atoms with Gasteiger partial charge in [-0.25, -0.2) is 0 Å². The monoisotopic (exact) mass is 333 g/mol. The number of rotatable bonds is 6. The van der Waals surface area contributed by atoms with Crippen molar-refractivity contribution in [1.82, 2.24) is 5.32 Å². The van der Waals surface area contributed by atoms with Gasteiger partial charge in [0, 0.05) is 24.2 Å². The molecule has 0 fully saturated rings. The molecule has 0 aromatic heterocycles. The first kappa shape index (κ1) is 15.2. The van der Waals surface area contributed by atoms with E-state index >= 15 is 0 Å². The summed E-state index contributed by atoms with van der Waals surface area (Å²) in [5.74, 6) is 0. The van der Waals surface area contributed by atoms with Crippen molar-refractivity contribution in [1.29, 1.82) is 0 Å². The molecule has 0 spiro atoms. The van der Waals surface area contributed by atoms with Crippen LogP contribution in [0.1, 0.15) is 29.7 Å². The van der Waals surface area contributed by atoms with E-state index in [0.717, 1.165) is 11.0 Å². The van der Waals surface area contributed by atoms with Crippen molar-refractivity contribution in [2.24, 2.45) is 0 Å². The first-order valence-electron chi connectivity index (χ1n) is 6.74. The summed E-state index contributed by atoms with van der Waals surface area (Å²) < 4.78 is 6.23. The lowest BCUT2D eigenvalue weighted by Crippen LogP contribution is -2.18. The van der Waals surface area contributed by atoms with E-state index in [2.05, 4.69) is 70.6 Å². The molecule has 0 bridgehead atoms. The maximum absolute atomic E-state index is 5.11. The summed E-state index contributed by atoms with van der Waals surface area (Å²) in [5, 5.41) is 3.54. The van der Waals surface area contributed by atoms with Gasteiger partial charge >= 0.3 is 0 Å². The minimum absolute atomic E-state index is 0.325. The van der Waals surface area contributed by atoms with Crippen molar-refractivity contribution in [3.8, 4) is 0 Å². The van der Waals surface area contributed by atoms with Gasteiger partial charge in [-0.3, -0.25) is 0 Å². The van der Waals surface area contributed by atoms with Crippen molar-refractivity contribution in [2.45, 2.75) is 26.1 Å². The third-order valence-electron chi connectivity index (χ3n) is 3.30. The molecule has 3 heteroatoms. The van der Waals surface area contributed by atoms with E-state index in [1.54, 1.807) is 7.11 Å². The molecule has 1 N–H and O–H groups in total. The SMILES string of the molecule is COCc1ccc(CN[C@@H](C)c2cccc(Br)c2)cc1. The van der Waals surface area contributed by atoms with Gasteiger partial charge in [0.1, 0.15) is 0 Å². The molecule has 2 nitrogen and oxygen atoms in total. The highest BCUT2D eigenvalue weighted by Gasteiger charge is 2.05. The van der Waals surface area contributed by atoms with Crippen LogP contribution in [0.25, 0.3) is 0 Å². The van der Waals surface area contributed by atoms with Gasteiger partial charge in [-0.15, -0.1) is 0 Å². The van der Waals surface area contributed by atoms with Crippen molar-refractivity contribution in [2.75, 3.05) is 7.11 Å². The molecule has 0 aliphatic heterocycles. The molecule has 2 aromatic carbocycles. The fourth-order valence-corrected chi connectivity index (χ4v) is 2.50. The lowest BCUT2D eigenvalue weighted by Gasteiger charge is -2.15. The van der Waals surface area contributed by atoms with Crippen LogP contribution in [0.2, 0.25) is 0 Å². The number of nitrogens with one attached hydrogen (secondary N) is 1. The van der Waals surface area contributed by atoms with Crippen LogP contribution in [0.4, 0.5) is 0 Å². The maximum atomic E-state index is 5.11.